The first-order valence-corrected chi connectivity index (χ1v) is 8.97. The molecule has 0 aliphatic rings. The Kier molecular flexibility index (Phi) is 7.60. The Morgan fingerprint density at radius 2 is 1.57 bits per heavy atom. The summed E-state index contributed by atoms with van der Waals surface area (Å²) in [5, 5.41) is 0. The monoisotopic (exact) mass is 320 g/mol. The molecule has 0 amide bonds. The summed E-state index contributed by atoms with van der Waals surface area (Å²) in [7, 11) is 1.70. The van der Waals surface area contributed by atoms with Crippen molar-refractivity contribution in [1.82, 2.24) is 0 Å². The smallest absolute Gasteiger partial charge is 0.201 e. The summed E-state index contributed by atoms with van der Waals surface area (Å²) in [5.41, 5.74) is 1.75. The molecule has 1 rings (SSSR count). The number of hydrogen-bond acceptors (Lipinski definition) is 2. The van der Waals surface area contributed by atoms with E-state index >= 15 is 0 Å². The molecule has 2 heteroatoms. The van der Waals surface area contributed by atoms with E-state index in [1.165, 1.54) is 18.4 Å². The molecule has 1 aromatic rings. The van der Waals surface area contributed by atoms with Gasteiger partial charge >= 0.3 is 0 Å². The summed E-state index contributed by atoms with van der Waals surface area (Å²) in [6.07, 6.45) is 2.22. The summed E-state index contributed by atoms with van der Waals surface area (Å²) >= 11 is 0. The standard InChI is InChI=1S/C21H36O2/c1-9-16(4)19(14-21(5,6)7)17-10-12-18(13-11-17)23-20(22-8)15(2)3/h10-13,15-16,19-20H,9,14H2,1-8H3. The van der Waals surface area contributed by atoms with Crippen LogP contribution in [0.4, 0.5) is 0 Å². The van der Waals surface area contributed by atoms with Gasteiger partial charge in [-0.1, -0.05) is 67.0 Å². The summed E-state index contributed by atoms with van der Waals surface area (Å²) in [4.78, 5) is 0. The van der Waals surface area contributed by atoms with E-state index in [1.54, 1.807) is 7.11 Å². The molecule has 23 heavy (non-hydrogen) atoms. The van der Waals surface area contributed by atoms with Crippen molar-refractivity contribution in [2.75, 3.05) is 7.11 Å². The Balaban J connectivity index is 2.90. The molecule has 0 heterocycles. The van der Waals surface area contributed by atoms with Crippen molar-refractivity contribution >= 4 is 0 Å². The first-order valence-electron chi connectivity index (χ1n) is 8.97. The topological polar surface area (TPSA) is 18.5 Å². The Morgan fingerprint density at radius 3 is 1.96 bits per heavy atom. The van der Waals surface area contributed by atoms with E-state index < -0.39 is 0 Å². The normalized spacial score (nSPS) is 16.2. The van der Waals surface area contributed by atoms with Crippen LogP contribution in [-0.4, -0.2) is 13.4 Å². The lowest BCUT2D eigenvalue weighted by molar-refractivity contribution is -0.0833. The van der Waals surface area contributed by atoms with Crippen LogP contribution in [0.3, 0.4) is 0 Å². The van der Waals surface area contributed by atoms with Gasteiger partial charge in [-0.2, -0.15) is 0 Å². The minimum absolute atomic E-state index is 0.194. The highest BCUT2D eigenvalue weighted by atomic mass is 16.7. The van der Waals surface area contributed by atoms with Gasteiger partial charge in [-0.3, -0.25) is 0 Å². The maximum absolute atomic E-state index is 5.93. The van der Waals surface area contributed by atoms with E-state index in [0.29, 0.717) is 23.2 Å². The highest BCUT2D eigenvalue weighted by molar-refractivity contribution is 5.30. The number of benzene rings is 1. The molecule has 0 N–H and O–H groups in total. The average Bonchev–Trinajstić information content (AvgIpc) is 2.49. The zero-order valence-electron chi connectivity index (χ0n) is 16.3. The van der Waals surface area contributed by atoms with Crippen LogP contribution in [-0.2, 0) is 4.74 Å². The second kappa shape index (κ2) is 8.73. The Labute approximate surface area is 143 Å². The number of hydrogen-bond donors (Lipinski definition) is 0. The summed E-state index contributed by atoms with van der Waals surface area (Å²) in [6.45, 7) is 15.8. The second-order valence-corrected chi connectivity index (χ2v) is 8.29. The molecule has 0 bridgehead atoms. The first-order chi connectivity index (χ1) is 10.7. The van der Waals surface area contributed by atoms with Crippen LogP contribution >= 0.6 is 0 Å². The quantitative estimate of drug-likeness (QED) is 0.526. The largest absolute Gasteiger partial charge is 0.465 e. The Bertz CT molecular complexity index is 442. The third kappa shape index (κ3) is 6.55. The fourth-order valence-electron chi connectivity index (χ4n) is 2.98. The van der Waals surface area contributed by atoms with Crippen LogP contribution in [0.1, 0.15) is 72.8 Å². The van der Waals surface area contributed by atoms with Gasteiger partial charge in [-0.25, -0.2) is 0 Å². The molecule has 0 aromatic heterocycles. The molecule has 1 aromatic carbocycles. The minimum Gasteiger partial charge on any atom is -0.465 e. The van der Waals surface area contributed by atoms with Gasteiger partial charge in [0, 0.05) is 13.0 Å². The van der Waals surface area contributed by atoms with Crippen molar-refractivity contribution < 1.29 is 9.47 Å². The van der Waals surface area contributed by atoms with Crippen LogP contribution < -0.4 is 4.74 Å². The van der Waals surface area contributed by atoms with Crippen molar-refractivity contribution in [3.05, 3.63) is 29.8 Å². The average molecular weight is 321 g/mol. The predicted molar refractivity (Wildman–Crippen MR) is 99.0 cm³/mol. The first kappa shape index (κ1) is 20.0. The maximum Gasteiger partial charge on any atom is 0.201 e. The SMILES string of the molecule is CCC(C)C(CC(C)(C)C)c1ccc(OC(OC)C(C)C)cc1. The number of methoxy groups -OCH3 is 1. The van der Waals surface area contributed by atoms with Crippen molar-refractivity contribution in [3.63, 3.8) is 0 Å². The molecular weight excluding hydrogens is 284 g/mol. The van der Waals surface area contributed by atoms with E-state index in [9.17, 15) is 0 Å². The Hall–Kier alpha value is -1.02. The van der Waals surface area contributed by atoms with Crippen LogP contribution in [0, 0.1) is 17.3 Å². The maximum atomic E-state index is 5.93. The summed E-state index contributed by atoms with van der Waals surface area (Å²) in [5.74, 6) is 2.49. The lowest BCUT2D eigenvalue weighted by Gasteiger charge is -2.30. The zero-order chi connectivity index (χ0) is 17.6. The highest BCUT2D eigenvalue weighted by Gasteiger charge is 2.24. The number of ether oxygens (including phenoxy) is 2. The molecule has 132 valence electrons. The molecule has 0 saturated heterocycles. The van der Waals surface area contributed by atoms with Crippen LogP contribution in [0.15, 0.2) is 24.3 Å². The van der Waals surface area contributed by atoms with Crippen molar-refractivity contribution in [1.29, 1.82) is 0 Å². The molecular formula is C21H36O2. The lowest BCUT2D eigenvalue weighted by atomic mass is 9.75. The van der Waals surface area contributed by atoms with Gasteiger partial charge < -0.3 is 9.47 Å². The molecule has 0 spiro atoms. The van der Waals surface area contributed by atoms with Gasteiger partial charge in [0.2, 0.25) is 6.29 Å². The molecule has 0 fully saturated rings. The van der Waals surface area contributed by atoms with E-state index in [-0.39, 0.29) is 6.29 Å². The molecule has 3 atom stereocenters. The van der Waals surface area contributed by atoms with Gasteiger partial charge in [0.15, 0.2) is 0 Å². The van der Waals surface area contributed by atoms with Crippen LogP contribution in [0.25, 0.3) is 0 Å². The fourth-order valence-corrected chi connectivity index (χ4v) is 2.98. The molecule has 2 nitrogen and oxygen atoms in total. The number of rotatable bonds is 8. The van der Waals surface area contributed by atoms with Crippen LogP contribution in [0.5, 0.6) is 5.75 Å². The summed E-state index contributed by atoms with van der Waals surface area (Å²) < 4.78 is 11.3. The zero-order valence-corrected chi connectivity index (χ0v) is 16.3. The molecule has 0 aliphatic heterocycles. The fraction of sp³-hybridized carbons (Fsp3) is 0.714. The molecule has 3 unspecified atom stereocenters. The van der Waals surface area contributed by atoms with E-state index in [0.717, 1.165) is 5.75 Å². The third-order valence-corrected chi connectivity index (χ3v) is 4.50. The third-order valence-electron chi connectivity index (χ3n) is 4.50. The van der Waals surface area contributed by atoms with E-state index in [2.05, 4.69) is 72.7 Å². The van der Waals surface area contributed by atoms with E-state index in [4.69, 9.17) is 9.47 Å². The van der Waals surface area contributed by atoms with Crippen molar-refractivity contribution in [3.8, 4) is 5.75 Å². The Morgan fingerprint density at radius 1 is 1.00 bits per heavy atom. The van der Waals surface area contributed by atoms with Gasteiger partial charge in [-0.15, -0.1) is 0 Å². The predicted octanol–water partition coefficient (Wildman–Crippen LogP) is 6.26. The van der Waals surface area contributed by atoms with Gasteiger partial charge in [0.1, 0.15) is 5.75 Å². The van der Waals surface area contributed by atoms with Gasteiger partial charge in [0.25, 0.3) is 0 Å². The highest BCUT2D eigenvalue weighted by Crippen LogP contribution is 2.38. The molecule has 0 saturated carbocycles. The summed E-state index contributed by atoms with van der Waals surface area (Å²) in [6, 6.07) is 8.62. The lowest BCUT2D eigenvalue weighted by Crippen LogP contribution is -2.25. The van der Waals surface area contributed by atoms with E-state index in [1.807, 2.05) is 0 Å². The van der Waals surface area contributed by atoms with Crippen LogP contribution in [0.2, 0.25) is 0 Å². The minimum atomic E-state index is -0.194. The van der Waals surface area contributed by atoms with Crippen molar-refractivity contribution in [2.45, 2.75) is 73.5 Å². The van der Waals surface area contributed by atoms with Gasteiger partial charge in [0.05, 0.1) is 0 Å². The van der Waals surface area contributed by atoms with Gasteiger partial charge in [-0.05, 0) is 41.4 Å². The van der Waals surface area contributed by atoms with Crippen molar-refractivity contribution in [2.24, 2.45) is 17.3 Å². The molecule has 0 radical (unpaired) electrons. The molecule has 0 aliphatic carbocycles. The second-order valence-electron chi connectivity index (χ2n) is 8.29.